The molecule has 0 aliphatic carbocycles. The van der Waals surface area contributed by atoms with E-state index in [1.54, 1.807) is 29.7 Å². The summed E-state index contributed by atoms with van der Waals surface area (Å²) >= 11 is 2.34. The molecule has 0 aromatic carbocycles. The Morgan fingerprint density at radius 3 is 2.73 bits per heavy atom. The lowest BCUT2D eigenvalue weighted by Crippen LogP contribution is -2.71. The van der Waals surface area contributed by atoms with Crippen LogP contribution < -0.4 is 26.3 Å². The highest BCUT2D eigenvalue weighted by molar-refractivity contribution is 8.00. The highest BCUT2D eigenvalue weighted by Crippen LogP contribution is 2.40. The van der Waals surface area contributed by atoms with Gasteiger partial charge in [-0.15, -0.1) is 23.1 Å². The summed E-state index contributed by atoms with van der Waals surface area (Å²) in [4.78, 5) is 60.2. The highest BCUT2D eigenvalue weighted by atomic mass is 32.2. The van der Waals surface area contributed by atoms with Crippen LogP contribution in [0.5, 0.6) is 0 Å². The number of amides is 2. The van der Waals surface area contributed by atoms with Gasteiger partial charge in [0.15, 0.2) is 10.8 Å². The van der Waals surface area contributed by atoms with E-state index in [9.17, 15) is 29.4 Å². The number of aromatic nitrogens is 3. The van der Waals surface area contributed by atoms with Crippen molar-refractivity contribution in [1.29, 1.82) is 0 Å². The number of β-lactam (4-membered cyclic amide) rings is 1. The summed E-state index contributed by atoms with van der Waals surface area (Å²) in [7, 11) is 1.25. The molecular formula is C23H22N8O7S2. The summed E-state index contributed by atoms with van der Waals surface area (Å²) in [6.07, 6.45) is 0. The number of hydrogen-bond donors (Lipinski definition) is 4. The molecule has 17 heteroatoms. The lowest BCUT2D eigenvalue weighted by molar-refractivity contribution is -0.498. The molecule has 2 amide bonds. The Bertz CT molecular complexity index is 1660. The molecule has 40 heavy (non-hydrogen) atoms. The van der Waals surface area contributed by atoms with Gasteiger partial charge in [-0.2, -0.15) is 4.40 Å². The molecule has 208 valence electrons. The summed E-state index contributed by atoms with van der Waals surface area (Å²) < 4.78 is 2.99. The molecule has 0 radical (unpaired) electrons. The Hall–Kier alpha value is -4.64. The molecule has 5 heterocycles. The van der Waals surface area contributed by atoms with E-state index in [-0.39, 0.29) is 46.0 Å². The summed E-state index contributed by atoms with van der Waals surface area (Å²) in [6, 6.07) is 3.81. The molecule has 2 aliphatic heterocycles. The number of thiazole rings is 1. The number of fused-ring (bicyclic) bond motifs is 2. The monoisotopic (exact) mass is 586 g/mol. The Morgan fingerprint density at radius 1 is 1.35 bits per heavy atom. The smallest absolute Gasteiger partial charge is 0.371 e. The van der Waals surface area contributed by atoms with E-state index in [1.165, 1.54) is 28.7 Å². The number of nitrogen functional groups attached to an aromatic ring is 2. The van der Waals surface area contributed by atoms with Gasteiger partial charge in [-0.3, -0.25) is 19.1 Å². The van der Waals surface area contributed by atoms with Crippen molar-refractivity contribution in [1.82, 2.24) is 19.8 Å². The molecule has 3 aromatic rings. The molecule has 15 nitrogen and oxygen atoms in total. The number of carbonyl (C=O) groups excluding carboxylic acids is 3. The molecule has 5 rings (SSSR count). The first-order valence-electron chi connectivity index (χ1n) is 11.6. The minimum absolute atomic E-state index is 0.0359. The molecule has 1 saturated heterocycles. The van der Waals surface area contributed by atoms with E-state index in [1.807, 2.05) is 0 Å². The molecule has 6 N–H and O–H groups in total. The maximum absolute atomic E-state index is 13.1. The number of nitrogens with two attached hydrogens (primary N) is 2. The van der Waals surface area contributed by atoms with Gasteiger partial charge in [0, 0.05) is 23.3 Å². The first-order valence-corrected chi connectivity index (χ1v) is 13.5. The first-order chi connectivity index (χ1) is 19.0. The van der Waals surface area contributed by atoms with Gasteiger partial charge < -0.3 is 36.6 Å². The van der Waals surface area contributed by atoms with E-state index in [0.717, 1.165) is 16.2 Å². The number of anilines is 2. The first kappa shape index (κ1) is 26.9. The Kier molecular flexibility index (Phi) is 6.84. The predicted octanol–water partition coefficient (Wildman–Crippen LogP) is -1.69. The number of thioether (sulfide) groups is 1. The number of aromatic carboxylic acids is 1. The van der Waals surface area contributed by atoms with Crippen molar-refractivity contribution < 1.29 is 38.6 Å². The van der Waals surface area contributed by atoms with Gasteiger partial charge >= 0.3 is 5.97 Å². The van der Waals surface area contributed by atoms with Crippen LogP contribution in [0.25, 0.3) is 5.65 Å². The zero-order valence-electron chi connectivity index (χ0n) is 21.0. The second-order valence-corrected chi connectivity index (χ2v) is 10.8. The number of hydrogen-bond acceptors (Lipinski definition) is 12. The minimum Gasteiger partial charge on any atom is -0.543 e. The predicted molar refractivity (Wildman–Crippen MR) is 141 cm³/mol. The second-order valence-electron chi connectivity index (χ2n) is 8.76. The molecule has 0 saturated carbocycles. The van der Waals surface area contributed by atoms with Gasteiger partial charge in [-0.05, 0) is 18.6 Å². The molecule has 0 unspecified atom stereocenters. The average Bonchev–Trinajstić information content (AvgIpc) is 3.46. The van der Waals surface area contributed by atoms with Crippen LogP contribution in [-0.2, 0) is 25.8 Å². The number of pyridine rings is 1. The SMILES string of the molecule is CO/N=C(\C(=O)N[C@@H]1C(=O)N2C(C(=O)[O-])=C(Cn3c(C)c(C(=O)O)[n+]4c(N)cccc34)CS[C@@H]12)c1csc(N)n1. The number of rotatable bonds is 8. The largest absolute Gasteiger partial charge is 0.543 e. The zero-order valence-corrected chi connectivity index (χ0v) is 22.6. The fourth-order valence-corrected chi connectivity index (χ4v) is 6.65. The van der Waals surface area contributed by atoms with Gasteiger partial charge in [0.25, 0.3) is 11.8 Å². The van der Waals surface area contributed by atoms with Crippen LogP contribution >= 0.6 is 23.1 Å². The summed E-state index contributed by atoms with van der Waals surface area (Å²) in [5, 5.41) is 29.3. The molecule has 1 fully saturated rings. The van der Waals surface area contributed by atoms with Crippen molar-refractivity contribution in [3.8, 4) is 0 Å². The van der Waals surface area contributed by atoms with Crippen LogP contribution in [0.3, 0.4) is 0 Å². The van der Waals surface area contributed by atoms with Crippen molar-refractivity contribution in [2.24, 2.45) is 5.16 Å². The molecule has 3 aromatic heterocycles. The highest BCUT2D eigenvalue weighted by Gasteiger charge is 2.53. The Morgan fingerprint density at radius 2 is 2.10 bits per heavy atom. The molecule has 0 bridgehead atoms. The summed E-state index contributed by atoms with van der Waals surface area (Å²) in [5.74, 6) is -3.82. The van der Waals surface area contributed by atoms with Crippen LogP contribution in [-0.4, -0.2) is 73.3 Å². The molecule has 2 aliphatic rings. The molecule has 0 spiro atoms. The van der Waals surface area contributed by atoms with Crippen LogP contribution in [0, 0.1) is 6.92 Å². The van der Waals surface area contributed by atoms with Gasteiger partial charge in [-0.25, -0.2) is 9.78 Å². The number of carboxylic acid groups (broad SMARTS) is 2. The van der Waals surface area contributed by atoms with E-state index >= 15 is 0 Å². The number of aliphatic carboxylic acids is 1. The topological polar surface area (TPSA) is 222 Å². The number of carboxylic acids is 2. The lowest BCUT2D eigenvalue weighted by atomic mass is 10.0. The van der Waals surface area contributed by atoms with Gasteiger partial charge in [0.2, 0.25) is 17.2 Å². The third kappa shape index (κ3) is 4.28. The third-order valence-electron chi connectivity index (χ3n) is 6.49. The maximum atomic E-state index is 13.1. The fraction of sp³-hybridized carbons (Fsp3) is 0.261. The standard InChI is InChI=1S/C23H22N8O7S2/c1-9-16(21(34)35)30-12(24)4-3-5-13(30)29(9)6-10-7-39-20-15(19(33)31(20)17(10)22(36)37)27-18(32)14(28-38-2)11-8-40-23(25)26-11/h3-5,8,15,20,24H,6-7H2,1-2H3,(H5,25,26,27,32,34,35,36,37)/b28-14-/t15-,20+/m1/s1. The van der Waals surface area contributed by atoms with Crippen molar-refractivity contribution in [2.75, 3.05) is 24.3 Å². The molecular weight excluding hydrogens is 564 g/mol. The fourth-order valence-electron chi connectivity index (χ4n) is 4.77. The second kappa shape index (κ2) is 10.2. The number of nitrogens with one attached hydrogen (secondary N) is 1. The average molecular weight is 587 g/mol. The van der Waals surface area contributed by atoms with Crippen LogP contribution in [0.15, 0.2) is 40.0 Å². The number of nitrogens with zero attached hydrogens (tertiary/aromatic N) is 5. The van der Waals surface area contributed by atoms with E-state index in [0.29, 0.717) is 16.9 Å². The normalized spacial score (nSPS) is 18.9. The van der Waals surface area contributed by atoms with Gasteiger partial charge in [-0.1, -0.05) is 5.16 Å². The van der Waals surface area contributed by atoms with Crippen molar-refractivity contribution in [3.63, 3.8) is 0 Å². The van der Waals surface area contributed by atoms with Crippen molar-refractivity contribution in [3.05, 3.63) is 51.9 Å². The van der Waals surface area contributed by atoms with Crippen LogP contribution in [0.1, 0.15) is 21.9 Å². The van der Waals surface area contributed by atoms with E-state index in [2.05, 4.69) is 15.5 Å². The third-order valence-corrected chi connectivity index (χ3v) is 8.50. The van der Waals surface area contributed by atoms with Gasteiger partial charge in [0.05, 0.1) is 18.2 Å². The number of carbonyl (C=O) groups is 4. The Labute approximate surface area is 233 Å². The minimum atomic E-state index is -1.57. The number of oxime groups is 1. The van der Waals surface area contributed by atoms with Crippen LogP contribution in [0.2, 0.25) is 0 Å². The lowest BCUT2D eigenvalue weighted by Gasteiger charge is -2.50. The summed E-state index contributed by atoms with van der Waals surface area (Å²) in [6.45, 7) is 1.55. The molecule has 2 atom stereocenters. The van der Waals surface area contributed by atoms with Crippen molar-refractivity contribution in [2.45, 2.75) is 24.9 Å². The van der Waals surface area contributed by atoms with E-state index < -0.39 is 35.2 Å². The van der Waals surface area contributed by atoms with E-state index in [4.69, 9.17) is 16.3 Å². The van der Waals surface area contributed by atoms with Gasteiger partial charge in [0.1, 0.15) is 29.9 Å². The quantitative estimate of drug-likeness (QED) is 0.101. The number of imidazole rings is 1. The summed E-state index contributed by atoms with van der Waals surface area (Å²) in [5.41, 5.74) is 12.4. The Balaban J connectivity index is 1.44. The van der Waals surface area contributed by atoms with Crippen molar-refractivity contribution >= 4 is 69.2 Å². The van der Waals surface area contributed by atoms with Crippen LogP contribution in [0.4, 0.5) is 10.9 Å². The zero-order chi connectivity index (χ0) is 28.9. The maximum Gasteiger partial charge on any atom is 0.371 e.